The molecule has 120 valence electrons. The zero-order chi connectivity index (χ0) is 16.4. The minimum atomic E-state index is -1.15. The van der Waals surface area contributed by atoms with Crippen LogP contribution >= 0.6 is 0 Å². The summed E-state index contributed by atoms with van der Waals surface area (Å²) < 4.78 is 18.8. The van der Waals surface area contributed by atoms with Gasteiger partial charge in [-0.2, -0.15) is 0 Å². The van der Waals surface area contributed by atoms with Gasteiger partial charge in [0.1, 0.15) is 11.6 Å². The molecule has 6 heteroatoms. The Balaban J connectivity index is 1.61. The summed E-state index contributed by atoms with van der Waals surface area (Å²) in [6.45, 7) is 0.116. The van der Waals surface area contributed by atoms with E-state index in [-0.39, 0.29) is 24.0 Å². The molecule has 0 unspecified atom stereocenters. The van der Waals surface area contributed by atoms with E-state index < -0.39 is 11.4 Å². The van der Waals surface area contributed by atoms with E-state index in [9.17, 15) is 14.0 Å². The Bertz CT molecular complexity index is 749. The van der Waals surface area contributed by atoms with Crippen LogP contribution in [0, 0.1) is 11.2 Å². The summed E-state index contributed by atoms with van der Waals surface area (Å²) in [5, 5.41) is 11.5. The highest BCUT2D eigenvalue weighted by Crippen LogP contribution is 2.48. The van der Waals surface area contributed by atoms with Gasteiger partial charge in [-0.1, -0.05) is 18.2 Å². The first kappa shape index (κ1) is 15.3. The van der Waals surface area contributed by atoms with Crippen LogP contribution in [0.2, 0.25) is 0 Å². The van der Waals surface area contributed by atoms with E-state index in [1.807, 2.05) is 0 Å². The molecule has 1 heterocycles. The third-order valence-corrected chi connectivity index (χ3v) is 4.12. The highest BCUT2D eigenvalue weighted by molar-refractivity contribution is 5.86. The number of aromatic carboxylic acids is 1. The summed E-state index contributed by atoms with van der Waals surface area (Å²) >= 11 is 0. The number of furan rings is 1. The van der Waals surface area contributed by atoms with Gasteiger partial charge in [0.15, 0.2) is 0 Å². The third kappa shape index (κ3) is 3.26. The van der Waals surface area contributed by atoms with Crippen molar-refractivity contribution in [1.82, 2.24) is 5.32 Å². The summed E-state index contributed by atoms with van der Waals surface area (Å²) in [5.74, 6) is -1.40. The van der Waals surface area contributed by atoms with Crippen LogP contribution in [0.25, 0.3) is 0 Å². The zero-order valence-corrected chi connectivity index (χ0v) is 12.3. The van der Waals surface area contributed by atoms with Crippen molar-refractivity contribution in [3.8, 4) is 0 Å². The number of carboxylic acids is 1. The van der Waals surface area contributed by atoms with E-state index in [1.54, 1.807) is 18.2 Å². The molecule has 3 rings (SSSR count). The van der Waals surface area contributed by atoms with Crippen molar-refractivity contribution in [2.24, 2.45) is 5.41 Å². The van der Waals surface area contributed by atoms with Gasteiger partial charge in [0, 0.05) is 0 Å². The van der Waals surface area contributed by atoms with Gasteiger partial charge in [-0.15, -0.1) is 0 Å². The second-order valence-electron chi connectivity index (χ2n) is 5.80. The molecule has 1 fully saturated rings. The number of carbonyl (C=O) groups excluding carboxylic acids is 1. The molecule has 0 aliphatic heterocycles. The van der Waals surface area contributed by atoms with E-state index in [0.717, 1.165) is 0 Å². The largest absolute Gasteiger partial charge is 0.475 e. The molecule has 2 N–H and O–H groups in total. The molecular formula is C17H16FNO4. The number of rotatable bonds is 6. The van der Waals surface area contributed by atoms with Crippen LogP contribution in [0.5, 0.6) is 0 Å². The first-order chi connectivity index (χ1) is 11.0. The van der Waals surface area contributed by atoms with Gasteiger partial charge in [-0.25, -0.2) is 9.18 Å². The Morgan fingerprint density at radius 1 is 1.22 bits per heavy atom. The maximum atomic E-state index is 13.7. The topological polar surface area (TPSA) is 79.5 Å². The fourth-order valence-electron chi connectivity index (χ4n) is 2.58. The molecule has 0 atom stereocenters. The highest BCUT2D eigenvalue weighted by Gasteiger charge is 2.49. The average molecular weight is 317 g/mol. The number of amides is 1. The van der Waals surface area contributed by atoms with Gasteiger partial charge < -0.3 is 14.8 Å². The van der Waals surface area contributed by atoms with Gasteiger partial charge in [0.2, 0.25) is 11.7 Å². The van der Waals surface area contributed by atoms with Crippen LogP contribution in [-0.2, 0) is 17.8 Å². The van der Waals surface area contributed by atoms with Gasteiger partial charge in [0.05, 0.1) is 12.0 Å². The molecule has 2 aromatic rings. The second-order valence-corrected chi connectivity index (χ2v) is 5.80. The molecule has 0 saturated heterocycles. The monoisotopic (exact) mass is 317 g/mol. The van der Waals surface area contributed by atoms with E-state index in [2.05, 4.69) is 5.32 Å². The number of hydrogen-bond donors (Lipinski definition) is 2. The summed E-state index contributed by atoms with van der Waals surface area (Å²) in [4.78, 5) is 23.1. The number of nitrogens with one attached hydrogen (secondary N) is 1. The molecule has 1 aromatic carbocycles. The minimum Gasteiger partial charge on any atom is -0.475 e. The number of halogens is 1. The van der Waals surface area contributed by atoms with Crippen molar-refractivity contribution < 1.29 is 23.5 Å². The lowest BCUT2D eigenvalue weighted by Crippen LogP contribution is -2.33. The van der Waals surface area contributed by atoms with Crippen LogP contribution in [0.3, 0.4) is 0 Å². The van der Waals surface area contributed by atoms with Crippen molar-refractivity contribution >= 4 is 11.9 Å². The van der Waals surface area contributed by atoms with Crippen molar-refractivity contribution in [1.29, 1.82) is 0 Å². The molecule has 0 radical (unpaired) electrons. The molecule has 0 bridgehead atoms. The maximum absolute atomic E-state index is 13.7. The lowest BCUT2D eigenvalue weighted by Gasteiger charge is -2.15. The lowest BCUT2D eigenvalue weighted by atomic mass is 9.95. The summed E-state index contributed by atoms with van der Waals surface area (Å²) in [6, 6.07) is 9.31. The van der Waals surface area contributed by atoms with Crippen molar-refractivity contribution in [2.75, 3.05) is 0 Å². The predicted molar refractivity (Wildman–Crippen MR) is 79.3 cm³/mol. The number of carboxylic acid groups (broad SMARTS) is 1. The fourth-order valence-corrected chi connectivity index (χ4v) is 2.58. The first-order valence-electron chi connectivity index (χ1n) is 7.34. The summed E-state index contributed by atoms with van der Waals surface area (Å²) in [7, 11) is 0. The van der Waals surface area contributed by atoms with E-state index in [1.165, 1.54) is 18.2 Å². The Morgan fingerprint density at radius 3 is 2.57 bits per heavy atom. The summed E-state index contributed by atoms with van der Waals surface area (Å²) in [6.07, 6.45) is 1.79. The minimum absolute atomic E-state index is 0.116. The molecule has 0 spiro atoms. The summed E-state index contributed by atoms with van der Waals surface area (Å²) in [5.41, 5.74) is -0.0314. The van der Waals surface area contributed by atoms with E-state index in [0.29, 0.717) is 30.6 Å². The van der Waals surface area contributed by atoms with Gasteiger partial charge in [-0.3, -0.25) is 4.79 Å². The highest BCUT2D eigenvalue weighted by atomic mass is 19.1. The maximum Gasteiger partial charge on any atom is 0.371 e. The van der Waals surface area contributed by atoms with Gasteiger partial charge in [0.25, 0.3) is 0 Å². The van der Waals surface area contributed by atoms with Crippen molar-refractivity contribution in [2.45, 2.75) is 25.8 Å². The molecule has 1 amide bonds. The van der Waals surface area contributed by atoms with E-state index in [4.69, 9.17) is 9.52 Å². The van der Waals surface area contributed by atoms with Gasteiger partial charge in [-0.05, 0) is 43.0 Å². The predicted octanol–water partition coefficient (Wildman–Crippen LogP) is 2.76. The third-order valence-electron chi connectivity index (χ3n) is 4.12. The smallest absolute Gasteiger partial charge is 0.371 e. The van der Waals surface area contributed by atoms with Crippen LogP contribution in [-0.4, -0.2) is 17.0 Å². The average Bonchev–Trinajstić information content (AvgIpc) is 3.15. The Hall–Kier alpha value is -2.63. The normalized spacial score (nSPS) is 15.2. The van der Waals surface area contributed by atoms with Gasteiger partial charge >= 0.3 is 5.97 Å². The standard InChI is InChI=1S/C17H16FNO4/c18-13-4-2-1-3-11(13)9-17(7-8-17)16(22)19-10-12-5-6-14(23-12)15(20)21/h1-6H,7-10H2,(H,19,22)(H,20,21). The Kier molecular flexibility index (Phi) is 3.90. The van der Waals surface area contributed by atoms with Crippen LogP contribution in [0.1, 0.15) is 34.7 Å². The number of hydrogen-bond acceptors (Lipinski definition) is 3. The van der Waals surface area contributed by atoms with Crippen LogP contribution < -0.4 is 5.32 Å². The number of benzene rings is 1. The van der Waals surface area contributed by atoms with Crippen LogP contribution in [0.15, 0.2) is 40.8 Å². The molecule has 5 nitrogen and oxygen atoms in total. The molecule has 23 heavy (non-hydrogen) atoms. The molecule has 1 aromatic heterocycles. The zero-order valence-electron chi connectivity index (χ0n) is 12.3. The first-order valence-corrected chi connectivity index (χ1v) is 7.34. The van der Waals surface area contributed by atoms with Crippen molar-refractivity contribution in [3.05, 3.63) is 59.3 Å². The lowest BCUT2D eigenvalue weighted by molar-refractivity contribution is -0.126. The van der Waals surface area contributed by atoms with Crippen molar-refractivity contribution in [3.63, 3.8) is 0 Å². The molecule has 1 saturated carbocycles. The fraction of sp³-hybridized carbons (Fsp3) is 0.294. The number of carbonyl (C=O) groups is 2. The Morgan fingerprint density at radius 2 is 1.96 bits per heavy atom. The SMILES string of the molecule is O=C(O)c1ccc(CNC(=O)C2(Cc3ccccc3F)CC2)o1. The quantitative estimate of drug-likeness (QED) is 0.858. The molecule has 1 aliphatic carbocycles. The molecular weight excluding hydrogens is 301 g/mol. The second kappa shape index (κ2) is 5.87. The van der Waals surface area contributed by atoms with Crippen LogP contribution in [0.4, 0.5) is 4.39 Å². The van der Waals surface area contributed by atoms with E-state index >= 15 is 0 Å². The Labute approximate surface area is 132 Å². The molecule has 1 aliphatic rings.